The monoisotopic (exact) mass is 510 g/mol. The fraction of sp³-hybridized carbons (Fsp3) is 0.286. The van der Waals surface area contributed by atoms with Crippen molar-refractivity contribution in [2.75, 3.05) is 26.1 Å². The average molecular weight is 511 g/mol. The lowest BCUT2D eigenvalue weighted by Gasteiger charge is -2.18. The Morgan fingerprint density at radius 1 is 1.00 bits per heavy atom. The van der Waals surface area contributed by atoms with Crippen molar-refractivity contribution in [2.24, 2.45) is 0 Å². The van der Waals surface area contributed by atoms with E-state index in [2.05, 4.69) is 5.32 Å². The van der Waals surface area contributed by atoms with Gasteiger partial charge in [0, 0.05) is 26.4 Å². The molecule has 3 aromatic carbocycles. The second-order valence-electron chi connectivity index (χ2n) is 9.07. The molecule has 1 saturated carbocycles. The summed E-state index contributed by atoms with van der Waals surface area (Å²) in [7, 11) is 3.27. The van der Waals surface area contributed by atoms with Gasteiger partial charge in [0.2, 0.25) is 11.8 Å². The van der Waals surface area contributed by atoms with Gasteiger partial charge in [-0.05, 0) is 71.8 Å². The molecule has 0 heterocycles. The lowest BCUT2D eigenvalue weighted by atomic mass is 9.94. The Bertz CT molecular complexity index is 1250. The van der Waals surface area contributed by atoms with E-state index in [-0.39, 0.29) is 18.4 Å². The number of carbonyl (C=O) groups excluding carboxylic acids is 2. The van der Waals surface area contributed by atoms with Gasteiger partial charge in [-0.2, -0.15) is 0 Å². The van der Waals surface area contributed by atoms with Gasteiger partial charge in [-0.15, -0.1) is 0 Å². The SMILES string of the molecule is COCC(=O)N(C)Cc1ccc(-c2cc(NC(=O)C3(c4ccc(Cl)c(Cl)c4)CC3)ccc2C)cc1. The van der Waals surface area contributed by atoms with Gasteiger partial charge in [-0.1, -0.05) is 59.6 Å². The number of carbonyl (C=O) groups is 2. The Balaban J connectivity index is 1.50. The molecule has 0 atom stereocenters. The molecule has 0 spiro atoms. The van der Waals surface area contributed by atoms with Gasteiger partial charge in [0.1, 0.15) is 6.61 Å². The van der Waals surface area contributed by atoms with Crippen LogP contribution >= 0.6 is 23.2 Å². The highest BCUT2D eigenvalue weighted by molar-refractivity contribution is 6.42. The Kier molecular flexibility index (Phi) is 7.50. The summed E-state index contributed by atoms with van der Waals surface area (Å²) in [4.78, 5) is 26.8. The molecule has 4 rings (SSSR count). The van der Waals surface area contributed by atoms with Crippen molar-refractivity contribution in [2.45, 2.75) is 31.7 Å². The molecule has 35 heavy (non-hydrogen) atoms. The standard InChI is InChI=1S/C28H28Cl2N2O3/c1-18-4-10-22(31-27(34)28(12-13-28)21-9-11-24(29)25(30)14-21)15-23(18)20-7-5-19(6-8-20)16-32(2)26(33)17-35-3/h4-11,14-15H,12-13,16-17H2,1-3H3,(H,31,34). The van der Waals surface area contributed by atoms with Crippen LogP contribution in [0.3, 0.4) is 0 Å². The van der Waals surface area contributed by atoms with E-state index < -0.39 is 5.41 Å². The third-order valence-corrected chi connectivity index (χ3v) is 7.27. The maximum Gasteiger partial charge on any atom is 0.248 e. The molecule has 0 unspecified atom stereocenters. The topological polar surface area (TPSA) is 58.6 Å². The van der Waals surface area contributed by atoms with Crippen molar-refractivity contribution in [3.63, 3.8) is 0 Å². The molecule has 2 amide bonds. The summed E-state index contributed by atoms with van der Waals surface area (Å²) >= 11 is 12.3. The van der Waals surface area contributed by atoms with Gasteiger partial charge in [-0.25, -0.2) is 0 Å². The molecule has 0 aliphatic heterocycles. The Labute approximate surface area is 216 Å². The maximum atomic E-state index is 13.2. The fourth-order valence-electron chi connectivity index (χ4n) is 4.21. The molecule has 5 nitrogen and oxygen atoms in total. The maximum absolute atomic E-state index is 13.2. The number of nitrogens with zero attached hydrogens (tertiary/aromatic N) is 1. The van der Waals surface area contributed by atoms with Gasteiger partial charge in [0.25, 0.3) is 0 Å². The molecule has 0 bridgehead atoms. The van der Waals surface area contributed by atoms with E-state index in [4.69, 9.17) is 27.9 Å². The number of hydrogen-bond acceptors (Lipinski definition) is 3. The molecule has 1 fully saturated rings. The van der Waals surface area contributed by atoms with Crippen LogP contribution in [0.25, 0.3) is 11.1 Å². The molecule has 1 aliphatic rings. The van der Waals surface area contributed by atoms with Gasteiger partial charge in [0.15, 0.2) is 0 Å². The van der Waals surface area contributed by atoms with Crippen molar-refractivity contribution in [3.8, 4) is 11.1 Å². The first-order chi connectivity index (χ1) is 16.7. The number of benzene rings is 3. The number of halogens is 2. The Morgan fingerprint density at radius 3 is 2.34 bits per heavy atom. The van der Waals surface area contributed by atoms with E-state index in [1.807, 2.05) is 55.5 Å². The average Bonchev–Trinajstić information content (AvgIpc) is 3.65. The summed E-state index contributed by atoms with van der Waals surface area (Å²) in [6.07, 6.45) is 1.55. The lowest BCUT2D eigenvalue weighted by molar-refractivity contribution is -0.134. The molecule has 7 heteroatoms. The minimum atomic E-state index is -0.562. The molecule has 182 valence electrons. The second kappa shape index (κ2) is 10.4. The highest BCUT2D eigenvalue weighted by Crippen LogP contribution is 2.50. The molecule has 0 saturated heterocycles. The summed E-state index contributed by atoms with van der Waals surface area (Å²) in [6.45, 7) is 2.62. The van der Waals surface area contributed by atoms with Crippen molar-refractivity contribution < 1.29 is 14.3 Å². The molecule has 3 aromatic rings. The van der Waals surface area contributed by atoms with Crippen molar-refractivity contribution in [3.05, 3.63) is 87.4 Å². The summed E-state index contributed by atoms with van der Waals surface area (Å²) < 4.78 is 4.92. The number of methoxy groups -OCH3 is 1. The summed E-state index contributed by atoms with van der Waals surface area (Å²) in [5, 5.41) is 4.04. The summed E-state index contributed by atoms with van der Waals surface area (Å²) in [5.41, 5.74) is 5.29. The van der Waals surface area contributed by atoms with E-state index in [0.717, 1.165) is 46.3 Å². The zero-order valence-electron chi connectivity index (χ0n) is 20.0. The van der Waals surface area contributed by atoms with Gasteiger partial charge in [0.05, 0.1) is 15.5 Å². The third-order valence-electron chi connectivity index (χ3n) is 6.53. The van der Waals surface area contributed by atoms with Crippen LogP contribution in [0.15, 0.2) is 60.7 Å². The van der Waals surface area contributed by atoms with Crippen LogP contribution in [0, 0.1) is 6.92 Å². The van der Waals surface area contributed by atoms with Crippen LogP contribution in [0.1, 0.15) is 29.5 Å². The third kappa shape index (κ3) is 5.53. The van der Waals surface area contributed by atoms with Crippen molar-refractivity contribution >= 4 is 40.7 Å². The predicted octanol–water partition coefficient (Wildman–Crippen LogP) is 6.24. The molecule has 1 aliphatic carbocycles. The number of amides is 2. The smallest absolute Gasteiger partial charge is 0.248 e. The first-order valence-corrected chi connectivity index (χ1v) is 12.2. The van der Waals surface area contributed by atoms with Crippen LogP contribution in [0.2, 0.25) is 10.0 Å². The summed E-state index contributed by atoms with van der Waals surface area (Å²) in [6, 6.07) is 19.4. The summed E-state index contributed by atoms with van der Waals surface area (Å²) in [5.74, 6) is -0.102. The van der Waals surface area contributed by atoms with E-state index in [9.17, 15) is 9.59 Å². The fourth-order valence-corrected chi connectivity index (χ4v) is 4.51. The minimum Gasteiger partial charge on any atom is -0.375 e. The number of nitrogens with one attached hydrogen (secondary N) is 1. The number of ether oxygens (including phenoxy) is 1. The van der Waals surface area contributed by atoms with E-state index >= 15 is 0 Å². The Hall–Kier alpha value is -2.86. The molecular formula is C28H28Cl2N2O3. The van der Waals surface area contributed by atoms with E-state index in [0.29, 0.717) is 16.6 Å². The normalized spacial score (nSPS) is 13.9. The predicted molar refractivity (Wildman–Crippen MR) is 141 cm³/mol. The minimum absolute atomic E-state index is 0.0372. The number of anilines is 1. The highest BCUT2D eigenvalue weighted by atomic mass is 35.5. The van der Waals surface area contributed by atoms with Gasteiger partial charge >= 0.3 is 0 Å². The Morgan fingerprint density at radius 2 is 1.71 bits per heavy atom. The number of likely N-dealkylation sites (N-methyl/N-ethyl adjacent to an activating group) is 1. The van der Waals surface area contributed by atoms with Crippen LogP contribution in [-0.2, 0) is 26.3 Å². The molecule has 0 radical (unpaired) electrons. The van der Waals surface area contributed by atoms with Gasteiger partial charge in [-0.3, -0.25) is 9.59 Å². The zero-order valence-corrected chi connectivity index (χ0v) is 21.5. The lowest BCUT2D eigenvalue weighted by Crippen LogP contribution is -2.29. The number of hydrogen-bond donors (Lipinski definition) is 1. The van der Waals surface area contributed by atoms with Gasteiger partial charge < -0.3 is 15.0 Å². The molecule has 1 N–H and O–H groups in total. The first kappa shape index (κ1) is 25.2. The van der Waals surface area contributed by atoms with Crippen molar-refractivity contribution in [1.29, 1.82) is 0 Å². The number of rotatable bonds is 8. The van der Waals surface area contributed by atoms with Crippen LogP contribution < -0.4 is 5.32 Å². The van der Waals surface area contributed by atoms with E-state index in [1.165, 1.54) is 7.11 Å². The van der Waals surface area contributed by atoms with Crippen LogP contribution in [-0.4, -0.2) is 37.5 Å². The van der Waals surface area contributed by atoms with Crippen LogP contribution in [0.4, 0.5) is 5.69 Å². The second-order valence-corrected chi connectivity index (χ2v) is 9.89. The molecule has 0 aromatic heterocycles. The van der Waals surface area contributed by atoms with Crippen LogP contribution in [0.5, 0.6) is 0 Å². The number of aryl methyl sites for hydroxylation is 1. The zero-order chi connectivity index (χ0) is 25.2. The van der Waals surface area contributed by atoms with Crippen molar-refractivity contribution in [1.82, 2.24) is 4.90 Å². The highest BCUT2D eigenvalue weighted by Gasteiger charge is 2.51. The molecular weight excluding hydrogens is 483 g/mol. The van der Waals surface area contributed by atoms with E-state index in [1.54, 1.807) is 24.1 Å². The largest absolute Gasteiger partial charge is 0.375 e. The quantitative estimate of drug-likeness (QED) is 0.389. The first-order valence-electron chi connectivity index (χ1n) is 11.4.